The van der Waals surface area contributed by atoms with Gasteiger partial charge in [0.25, 0.3) is 0 Å². The second-order valence-corrected chi connectivity index (χ2v) is 9.72. The van der Waals surface area contributed by atoms with Crippen LogP contribution in [0.15, 0.2) is 60.8 Å². The van der Waals surface area contributed by atoms with E-state index in [1.54, 1.807) is 36.5 Å². The summed E-state index contributed by atoms with van der Waals surface area (Å²) in [6.45, 7) is 0. The number of para-hydroxylation sites is 1. The molecule has 1 heterocycles. The Hall–Kier alpha value is -5.24. The van der Waals surface area contributed by atoms with E-state index in [1.165, 1.54) is 0 Å². The lowest BCUT2D eigenvalue weighted by molar-refractivity contribution is -0.142. The van der Waals surface area contributed by atoms with Gasteiger partial charge in [0.05, 0.1) is 18.9 Å². The van der Waals surface area contributed by atoms with Crippen molar-refractivity contribution in [2.45, 2.75) is 49.9 Å². The number of primary amides is 2. The third-order valence-corrected chi connectivity index (χ3v) is 6.43. The standard InChI is InChI=1S/C28H33N7O7/c29-18(11-16-14-32-19-9-5-4-8-17(16)19)25(38)33-20(12-23(30)36)26(39)34-21(13-24(31)37)27(40)35-22(28(41)42)10-15-6-2-1-3-7-15/h1-9,14,18,20-22,32H,10-13,29H2,(H2,30,36)(H2,31,37)(H,33,38)(H,34,39)(H,35,40)(H,41,42). The molecule has 0 saturated carbocycles. The van der Waals surface area contributed by atoms with Gasteiger partial charge in [-0.25, -0.2) is 4.79 Å². The predicted octanol–water partition coefficient (Wildman–Crippen LogP) is -1.43. The Morgan fingerprint density at radius 2 is 1.24 bits per heavy atom. The zero-order valence-electron chi connectivity index (χ0n) is 22.5. The molecule has 0 aliphatic heterocycles. The van der Waals surface area contributed by atoms with E-state index in [1.807, 2.05) is 24.3 Å². The number of hydrogen-bond acceptors (Lipinski definition) is 7. The highest BCUT2D eigenvalue weighted by Gasteiger charge is 2.32. The quantitative estimate of drug-likeness (QED) is 0.106. The molecule has 0 saturated heterocycles. The number of aliphatic carboxylic acids is 1. The van der Waals surface area contributed by atoms with Crippen molar-refractivity contribution in [1.82, 2.24) is 20.9 Å². The molecule has 14 nitrogen and oxygen atoms in total. The molecule has 14 heteroatoms. The Balaban J connectivity index is 1.70. The summed E-state index contributed by atoms with van der Waals surface area (Å²) in [6, 6.07) is 10.2. The zero-order valence-corrected chi connectivity index (χ0v) is 22.5. The molecule has 11 N–H and O–H groups in total. The van der Waals surface area contributed by atoms with Crippen LogP contribution < -0.4 is 33.2 Å². The van der Waals surface area contributed by atoms with Gasteiger partial charge in [-0.3, -0.25) is 24.0 Å². The molecule has 222 valence electrons. The average Bonchev–Trinajstić information content (AvgIpc) is 3.34. The lowest BCUT2D eigenvalue weighted by atomic mass is 10.0. The molecule has 4 atom stereocenters. The Kier molecular flexibility index (Phi) is 10.7. The first kappa shape index (κ1) is 31.3. The van der Waals surface area contributed by atoms with E-state index in [0.717, 1.165) is 16.5 Å². The van der Waals surface area contributed by atoms with Gasteiger partial charge in [0.1, 0.15) is 18.1 Å². The monoisotopic (exact) mass is 579 g/mol. The highest BCUT2D eigenvalue weighted by molar-refractivity contribution is 5.97. The van der Waals surface area contributed by atoms with Crippen molar-refractivity contribution in [3.63, 3.8) is 0 Å². The van der Waals surface area contributed by atoms with E-state index >= 15 is 0 Å². The summed E-state index contributed by atoms with van der Waals surface area (Å²) in [7, 11) is 0. The number of aromatic amines is 1. The fraction of sp³-hybridized carbons (Fsp3) is 0.286. The molecular weight excluding hydrogens is 546 g/mol. The summed E-state index contributed by atoms with van der Waals surface area (Å²) < 4.78 is 0. The zero-order chi connectivity index (χ0) is 30.8. The second-order valence-electron chi connectivity index (χ2n) is 9.72. The maximum Gasteiger partial charge on any atom is 0.326 e. The molecule has 42 heavy (non-hydrogen) atoms. The first-order valence-electron chi connectivity index (χ1n) is 13.0. The Bertz CT molecular complexity index is 1460. The van der Waals surface area contributed by atoms with Crippen LogP contribution in [-0.2, 0) is 41.6 Å². The number of carbonyl (C=O) groups is 6. The maximum absolute atomic E-state index is 13.1. The molecule has 0 aliphatic rings. The van der Waals surface area contributed by atoms with E-state index in [9.17, 15) is 33.9 Å². The number of aromatic nitrogens is 1. The van der Waals surface area contributed by atoms with E-state index in [0.29, 0.717) is 5.56 Å². The smallest absolute Gasteiger partial charge is 0.326 e. The maximum atomic E-state index is 13.1. The van der Waals surface area contributed by atoms with Gasteiger partial charge in [0.15, 0.2) is 0 Å². The number of benzene rings is 2. The number of fused-ring (bicyclic) bond motifs is 1. The van der Waals surface area contributed by atoms with Gasteiger partial charge >= 0.3 is 5.97 Å². The fourth-order valence-corrected chi connectivity index (χ4v) is 4.32. The molecule has 0 radical (unpaired) electrons. The Labute approximate surface area is 240 Å². The second kappa shape index (κ2) is 14.4. The Morgan fingerprint density at radius 1 is 0.714 bits per heavy atom. The van der Waals surface area contributed by atoms with Crippen molar-refractivity contribution < 1.29 is 33.9 Å². The minimum atomic E-state index is -1.61. The summed E-state index contributed by atoms with van der Waals surface area (Å²) in [4.78, 5) is 77.2. The van der Waals surface area contributed by atoms with Crippen molar-refractivity contribution in [3.05, 3.63) is 71.9 Å². The molecule has 0 spiro atoms. The minimum absolute atomic E-state index is 0.0756. The predicted molar refractivity (Wildman–Crippen MR) is 151 cm³/mol. The van der Waals surface area contributed by atoms with E-state index in [2.05, 4.69) is 20.9 Å². The fourth-order valence-electron chi connectivity index (χ4n) is 4.32. The molecule has 0 aliphatic carbocycles. The van der Waals surface area contributed by atoms with Gasteiger partial charge in [-0.1, -0.05) is 48.5 Å². The van der Waals surface area contributed by atoms with Crippen LogP contribution in [0.4, 0.5) is 0 Å². The number of amides is 5. The van der Waals surface area contributed by atoms with E-state index in [4.69, 9.17) is 17.2 Å². The van der Waals surface area contributed by atoms with Crippen LogP contribution in [0.3, 0.4) is 0 Å². The van der Waals surface area contributed by atoms with E-state index in [-0.39, 0.29) is 12.8 Å². The van der Waals surface area contributed by atoms with Gasteiger partial charge < -0.3 is 43.2 Å². The lowest BCUT2D eigenvalue weighted by Crippen LogP contribution is -2.58. The van der Waals surface area contributed by atoms with Gasteiger partial charge in [0.2, 0.25) is 29.5 Å². The van der Waals surface area contributed by atoms with Crippen molar-refractivity contribution in [1.29, 1.82) is 0 Å². The molecule has 1 aromatic heterocycles. The number of hydrogen-bond donors (Lipinski definition) is 8. The SMILES string of the molecule is NC(=O)CC(NC(=O)C(N)Cc1c[nH]c2ccccc12)C(=O)NC(CC(N)=O)C(=O)NC(Cc1ccccc1)C(=O)O. The van der Waals surface area contributed by atoms with Crippen LogP contribution in [0, 0.1) is 0 Å². The summed E-state index contributed by atoms with van der Waals surface area (Å²) in [5, 5.41) is 17.4. The van der Waals surface area contributed by atoms with Crippen LogP contribution in [-0.4, -0.2) is 69.8 Å². The third kappa shape index (κ3) is 8.89. The molecule has 2 aromatic carbocycles. The number of rotatable bonds is 15. The van der Waals surface area contributed by atoms with Crippen LogP contribution >= 0.6 is 0 Å². The average molecular weight is 580 g/mol. The van der Waals surface area contributed by atoms with Crippen LogP contribution in [0.2, 0.25) is 0 Å². The van der Waals surface area contributed by atoms with Gasteiger partial charge in [-0.15, -0.1) is 0 Å². The molecule has 0 fully saturated rings. The highest BCUT2D eigenvalue weighted by atomic mass is 16.4. The van der Waals surface area contributed by atoms with Crippen LogP contribution in [0.25, 0.3) is 10.9 Å². The number of nitrogens with one attached hydrogen (secondary N) is 4. The minimum Gasteiger partial charge on any atom is -0.480 e. The number of carboxylic acids is 1. The van der Waals surface area contributed by atoms with Crippen LogP contribution in [0.1, 0.15) is 24.0 Å². The number of H-pyrrole nitrogens is 1. The first-order chi connectivity index (χ1) is 19.9. The van der Waals surface area contributed by atoms with Crippen LogP contribution in [0.5, 0.6) is 0 Å². The van der Waals surface area contributed by atoms with Crippen molar-refractivity contribution in [2.75, 3.05) is 0 Å². The van der Waals surface area contributed by atoms with Gasteiger partial charge in [0, 0.05) is 23.5 Å². The van der Waals surface area contributed by atoms with Crippen molar-refractivity contribution in [3.8, 4) is 0 Å². The van der Waals surface area contributed by atoms with E-state index < -0.39 is 72.5 Å². The summed E-state index contributed by atoms with van der Waals surface area (Å²) in [6.07, 6.45) is 0.403. The highest BCUT2D eigenvalue weighted by Crippen LogP contribution is 2.18. The summed E-state index contributed by atoms with van der Waals surface area (Å²) in [5.74, 6) is -6.07. The molecule has 4 unspecified atom stereocenters. The lowest BCUT2D eigenvalue weighted by Gasteiger charge is -2.24. The molecule has 3 aromatic rings. The largest absolute Gasteiger partial charge is 0.480 e. The number of carboxylic acid groups (broad SMARTS) is 1. The van der Waals surface area contributed by atoms with Gasteiger partial charge in [-0.2, -0.15) is 0 Å². The number of nitrogens with two attached hydrogens (primary N) is 3. The molecule has 3 rings (SSSR count). The topological polar surface area (TPSA) is 253 Å². The third-order valence-electron chi connectivity index (χ3n) is 6.43. The first-order valence-corrected chi connectivity index (χ1v) is 13.0. The summed E-state index contributed by atoms with van der Waals surface area (Å²) in [5.41, 5.74) is 18.8. The van der Waals surface area contributed by atoms with Crippen molar-refractivity contribution in [2.24, 2.45) is 17.2 Å². The molecule has 0 bridgehead atoms. The normalized spacial score (nSPS) is 13.7. The summed E-state index contributed by atoms with van der Waals surface area (Å²) >= 11 is 0. The Morgan fingerprint density at radius 3 is 1.81 bits per heavy atom. The molecular formula is C28H33N7O7. The van der Waals surface area contributed by atoms with Crippen molar-refractivity contribution >= 4 is 46.4 Å². The molecule has 5 amide bonds. The number of carbonyl (C=O) groups excluding carboxylic acids is 5. The van der Waals surface area contributed by atoms with Gasteiger partial charge in [-0.05, 0) is 23.6 Å².